The van der Waals surface area contributed by atoms with E-state index in [9.17, 15) is 9.18 Å². The summed E-state index contributed by atoms with van der Waals surface area (Å²) in [7, 11) is 0. The number of anilines is 2. The van der Waals surface area contributed by atoms with Crippen molar-refractivity contribution in [3.8, 4) is 11.1 Å². The summed E-state index contributed by atoms with van der Waals surface area (Å²) in [5, 5.41) is 3.04. The van der Waals surface area contributed by atoms with Gasteiger partial charge in [-0.15, -0.1) is 0 Å². The van der Waals surface area contributed by atoms with Gasteiger partial charge in [0.2, 0.25) is 5.91 Å². The molecule has 1 fully saturated rings. The SMILES string of the molecule is Cc1cc(N2CCC[C@@H](C(=O)Nc3cccc(-c4ccc(F)cc4)c3)C2)ncn1. The summed E-state index contributed by atoms with van der Waals surface area (Å²) in [6.07, 6.45) is 3.36. The monoisotopic (exact) mass is 390 g/mol. The normalized spacial score (nSPS) is 16.5. The number of carbonyl (C=O) groups excluding carboxylic acids is 1. The second-order valence-electron chi connectivity index (χ2n) is 7.38. The van der Waals surface area contributed by atoms with Crippen molar-refractivity contribution in [1.29, 1.82) is 0 Å². The van der Waals surface area contributed by atoms with E-state index in [-0.39, 0.29) is 17.6 Å². The first-order chi connectivity index (χ1) is 14.1. The molecule has 1 aromatic heterocycles. The van der Waals surface area contributed by atoms with E-state index >= 15 is 0 Å². The molecule has 1 aliphatic heterocycles. The van der Waals surface area contributed by atoms with Gasteiger partial charge < -0.3 is 10.2 Å². The van der Waals surface area contributed by atoms with Gasteiger partial charge in [-0.05, 0) is 55.2 Å². The Morgan fingerprint density at radius 1 is 1.10 bits per heavy atom. The van der Waals surface area contributed by atoms with Gasteiger partial charge in [-0.2, -0.15) is 0 Å². The highest BCUT2D eigenvalue weighted by Crippen LogP contribution is 2.25. The van der Waals surface area contributed by atoms with Gasteiger partial charge >= 0.3 is 0 Å². The molecule has 1 amide bonds. The number of rotatable bonds is 4. The highest BCUT2D eigenvalue weighted by molar-refractivity contribution is 5.93. The van der Waals surface area contributed by atoms with Crippen molar-refractivity contribution in [2.24, 2.45) is 5.92 Å². The Kier molecular flexibility index (Phi) is 5.51. The standard InChI is InChI=1S/C23H23FN4O/c1-16-12-22(26-15-25-16)28-11-3-5-19(14-28)23(29)27-21-6-2-4-18(13-21)17-7-9-20(24)10-8-17/h2,4,6-10,12-13,15,19H,3,5,11,14H2,1H3,(H,27,29)/t19-/m1/s1. The molecule has 1 saturated heterocycles. The van der Waals surface area contributed by atoms with Crippen LogP contribution in [0.1, 0.15) is 18.5 Å². The largest absolute Gasteiger partial charge is 0.356 e. The number of aryl methyl sites for hydroxylation is 1. The summed E-state index contributed by atoms with van der Waals surface area (Å²) in [5.41, 5.74) is 3.50. The van der Waals surface area contributed by atoms with Crippen LogP contribution >= 0.6 is 0 Å². The molecular weight excluding hydrogens is 367 g/mol. The molecule has 2 heterocycles. The zero-order valence-corrected chi connectivity index (χ0v) is 16.3. The first kappa shape index (κ1) is 19.1. The van der Waals surface area contributed by atoms with Crippen LogP contribution < -0.4 is 10.2 Å². The van der Waals surface area contributed by atoms with Gasteiger partial charge in [0.25, 0.3) is 0 Å². The molecule has 0 spiro atoms. The van der Waals surface area contributed by atoms with E-state index in [1.54, 1.807) is 18.5 Å². The summed E-state index contributed by atoms with van der Waals surface area (Å²) in [5.74, 6) is 0.512. The number of halogens is 1. The fraction of sp³-hybridized carbons (Fsp3) is 0.261. The van der Waals surface area contributed by atoms with E-state index in [2.05, 4.69) is 20.2 Å². The lowest BCUT2D eigenvalue weighted by Gasteiger charge is -2.32. The maximum Gasteiger partial charge on any atom is 0.229 e. The van der Waals surface area contributed by atoms with Crippen LogP contribution in [0.3, 0.4) is 0 Å². The van der Waals surface area contributed by atoms with Crippen molar-refractivity contribution in [3.05, 3.63) is 72.4 Å². The first-order valence-electron chi connectivity index (χ1n) is 9.79. The second kappa shape index (κ2) is 8.39. The maximum absolute atomic E-state index is 13.2. The second-order valence-corrected chi connectivity index (χ2v) is 7.38. The molecular formula is C23H23FN4O. The maximum atomic E-state index is 13.2. The molecule has 5 nitrogen and oxygen atoms in total. The summed E-state index contributed by atoms with van der Waals surface area (Å²) < 4.78 is 13.2. The van der Waals surface area contributed by atoms with Crippen molar-refractivity contribution in [1.82, 2.24) is 9.97 Å². The molecule has 4 rings (SSSR count). The van der Waals surface area contributed by atoms with Gasteiger partial charge in [0.05, 0.1) is 5.92 Å². The molecule has 0 bridgehead atoms. The molecule has 6 heteroatoms. The van der Waals surface area contributed by atoms with Gasteiger partial charge in [0.1, 0.15) is 18.0 Å². The Balaban J connectivity index is 1.45. The van der Waals surface area contributed by atoms with E-state index < -0.39 is 0 Å². The van der Waals surface area contributed by atoms with Gasteiger partial charge in [0, 0.05) is 30.5 Å². The Labute approximate surface area is 169 Å². The molecule has 0 unspecified atom stereocenters. The van der Waals surface area contributed by atoms with Gasteiger partial charge in [-0.3, -0.25) is 4.79 Å². The van der Waals surface area contributed by atoms with Crippen molar-refractivity contribution >= 4 is 17.4 Å². The molecule has 0 radical (unpaired) electrons. The topological polar surface area (TPSA) is 58.1 Å². The first-order valence-corrected chi connectivity index (χ1v) is 9.79. The van der Waals surface area contributed by atoms with Crippen LogP contribution in [0.15, 0.2) is 60.9 Å². The van der Waals surface area contributed by atoms with E-state index in [1.807, 2.05) is 37.3 Å². The molecule has 1 N–H and O–H groups in total. The molecule has 1 aliphatic rings. The van der Waals surface area contributed by atoms with E-state index in [0.29, 0.717) is 6.54 Å². The predicted octanol–water partition coefficient (Wildman–Crippen LogP) is 4.45. The van der Waals surface area contributed by atoms with Crippen molar-refractivity contribution in [3.63, 3.8) is 0 Å². The van der Waals surface area contributed by atoms with E-state index in [4.69, 9.17) is 0 Å². The van der Waals surface area contributed by atoms with Crippen molar-refractivity contribution in [2.45, 2.75) is 19.8 Å². The number of piperidine rings is 1. The quantitative estimate of drug-likeness (QED) is 0.715. The van der Waals surface area contributed by atoms with E-state index in [1.165, 1.54) is 12.1 Å². The average Bonchev–Trinajstić information content (AvgIpc) is 2.74. The number of nitrogens with zero attached hydrogens (tertiary/aromatic N) is 3. The minimum atomic E-state index is -0.265. The van der Waals surface area contributed by atoms with Crippen LogP contribution in [-0.2, 0) is 4.79 Å². The highest BCUT2D eigenvalue weighted by Gasteiger charge is 2.26. The smallest absolute Gasteiger partial charge is 0.229 e. The average molecular weight is 390 g/mol. The minimum Gasteiger partial charge on any atom is -0.356 e. The number of amides is 1. The molecule has 148 valence electrons. The third-order valence-electron chi connectivity index (χ3n) is 5.21. The molecule has 1 atom stereocenters. The molecule has 3 aromatic rings. The Morgan fingerprint density at radius 3 is 2.72 bits per heavy atom. The fourth-order valence-corrected chi connectivity index (χ4v) is 3.68. The van der Waals surface area contributed by atoms with Crippen molar-refractivity contribution in [2.75, 3.05) is 23.3 Å². The number of benzene rings is 2. The lowest BCUT2D eigenvalue weighted by molar-refractivity contribution is -0.120. The lowest BCUT2D eigenvalue weighted by Crippen LogP contribution is -2.41. The third kappa shape index (κ3) is 4.59. The van der Waals surface area contributed by atoms with E-state index in [0.717, 1.165) is 47.7 Å². The number of aromatic nitrogens is 2. The minimum absolute atomic E-state index is 0.0109. The number of hydrogen-bond acceptors (Lipinski definition) is 4. The van der Waals surface area contributed by atoms with Crippen LogP contribution in [0.4, 0.5) is 15.9 Å². The molecule has 29 heavy (non-hydrogen) atoms. The summed E-state index contributed by atoms with van der Waals surface area (Å²) in [4.78, 5) is 23.5. The number of carbonyl (C=O) groups is 1. The zero-order valence-electron chi connectivity index (χ0n) is 16.3. The molecule has 2 aromatic carbocycles. The highest BCUT2D eigenvalue weighted by atomic mass is 19.1. The summed E-state index contributed by atoms with van der Waals surface area (Å²) >= 11 is 0. The Morgan fingerprint density at radius 2 is 1.93 bits per heavy atom. The molecule has 0 saturated carbocycles. The van der Waals surface area contributed by atoms with Gasteiger partial charge in [0.15, 0.2) is 0 Å². The van der Waals surface area contributed by atoms with Crippen molar-refractivity contribution < 1.29 is 9.18 Å². The number of hydrogen-bond donors (Lipinski definition) is 1. The summed E-state index contributed by atoms with van der Waals surface area (Å²) in [6.45, 7) is 3.47. The Hall–Kier alpha value is -3.28. The zero-order chi connectivity index (χ0) is 20.2. The van der Waals surface area contributed by atoms with Crippen LogP contribution in [0.25, 0.3) is 11.1 Å². The lowest BCUT2D eigenvalue weighted by atomic mass is 9.96. The van der Waals surface area contributed by atoms with Gasteiger partial charge in [-0.25, -0.2) is 14.4 Å². The third-order valence-corrected chi connectivity index (χ3v) is 5.21. The fourth-order valence-electron chi connectivity index (χ4n) is 3.68. The van der Waals surface area contributed by atoms with Crippen LogP contribution in [0.2, 0.25) is 0 Å². The summed E-state index contributed by atoms with van der Waals surface area (Å²) in [6, 6.07) is 15.9. The Bertz CT molecular complexity index is 1010. The van der Waals surface area contributed by atoms with Crippen LogP contribution in [0.5, 0.6) is 0 Å². The molecule has 0 aliphatic carbocycles. The van der Waals surface area contributed by atoms with Crippen LogP contribution in [-0.4, -0.2) is 29.0 Å². The van der Waals surface area contributed by atoms with Gasteiger partial charge in [-0.1, -0.05) is 24.3 Å². The predicted molar refractivity (Wildman–Crippen MR) is 112 cm³/mol. The van der Waals surface area contributed by atoms with Crippen LogP contribution in [0, 0.1) is 18.7 Å². The number of nitrogens with one attached hydrogen (secondary N) is 1.